The molecule has 1 aromatic heterocycles. The number of alkyl carbamates (subject to hydrolysis) is 1. The molecule has 3 amide bonds. The summed E-state index contributed by atoms with van der Waals surface area (Å²) in [7, 11) is 0. The summed E-state index contributed by atoms with van der Waals surface area (Å²) in [6, 6.07) is 9.59. The van der Waals surface area contributed by atoms with E-state index in [-0.39, 0.29) is 30.2 Å². The van der Waals surface area contributed by atoms with Gasteiger partial charge in [0.25, 0.3) is 0 Å². The van der Waals surface area contributed by atoms with Crippen molar-refractivity contribution >= 4 is 12.1 Å². The number of nitrogens with zero attached hydrogens (tertiary/aromatic N) is 4. The molecule has 2 bridgehead atoms. The average Bonchev–Trinajstić information content (AvgIpc) is 3.34. The number of benzene rings is 1. The van der Waals surface area contributed by atoms with Gasteiger partial charge in [0.1, 0.15) is 18.2 Å². The third-order valence-corrected chi connectivity index (χ3v) is 6.72. The minimum Gasteiger partial charge on any atom is -0.444 e. The number of carbonyl (C=O) groups is 2. The van der Waals surface area contributed by atoms with Gasteiger partial charge in [-0.15, -0.1) is 10.2 Å². The van der Waals surface area contributed by atoms with Gasteiger partial charge >= 0.3 is 12.1 Å². The fourth-order valence-electron chi connectivity index (χ4n) is 5.00. The summed E-state index contributed by atoms with van der Waals surface area (Å²) in [4.78, 5) is 32.6. The summed E-state index contributed by atoms with van der Waals surface area (Å²) in [5.74, 6) is 1.43. The Labute approximate surface area is 204 Å². The van der Waals surface area contributed by atoms with Crippen molar-refractivity contribution in [2.45, 2.75) is 83.2 Å². The number of amides is 3. The maximum atomic E-state index is 13.0. The SMILES string of the molecule is CC(C)(C)OC(=O)NC1CC(Cc2nnc([C@@H]3CCC4CN3C(=O)N4OCc3ccccc3)o2)C1. The number of nitrogens with one attached hydrogen (secondary N) is 1. The Kier molecular flexibility index (Phi) is 6.39. The highest BCUT2D eigenvalue weighted by Crippen LogP contribution is 2.38. The quantitative estimate of drug-likeness (QED) is 0.634. The van der Waals surface area contributed by atoms with E-state index in [1.54, 1.807) is 4.90 Å². The molecule has 1 aromatic carbocycles. The van der Waals surface area contributed by atoms with Crippen LogP contribution in [0.15, 0.2) is 34.7 Å². The van der Waals surface area contributed by atoms with Gasteiger partial charge < -0.3 is 19.4 Å². The zero-order valence-corrected chi connectivity index (χ0v) is 20.5. The first kappa shape index (κ1) is 23.6. The largest absolute Gasteiger partial charge is 0.444 e. The predicted octanol–water partition coefficient (Wildman–Crippen LogP) is 3.99. The number of ether oxygens (including phenoxy) is 1. The van der Waals surface area contributed by atoms with Crippen LogP contribution in [0.5, 0.6) is 0 Å². The van der Waals surface area contributed by atoms with Gasteiger partial charge in [-0.3, -0.25) is 4.84 Å². The summed E-state index contributed by atoms with van der Waals surface area (Å²) >= 11 is 0. The van der Waals surface area contributed by atoms with Gasteiger partial charge in [-0.05, 0) is 57.9 Å². The Morgan fingerprint density at radius 2 is 1.94 bits per heavy atom. The molecule has 35 heavy (non-hydrogen) atoms. The summed E-state index contributed by atoms with van der Waals surface area (Å²) in [5, 5.41) is 12.9. The first-order valence-corrected chi connectivity index (χ1v) is 12.3. The molecule has 10 heteroatoms. The monoisotopic (exact) mass is 483 g/mol. The van der Waals surface area contributed by atoms with E-state index in [9.17, 15) is 9.59 Å². The number of urea groups is 1. The minimum absolute atomic E-state index is 0.0363. The molecule has 1 saturated carbocycles. The van der Waals surface area contributed by atoms with Gasteiger partial charge in [0, 0.05) is 19.0 Å². The van der Waals surface area contributed by atoms with E-state index in [2.05, 4.69) is 15.5 Å². The van der Waals surface area contributed by atoms with Crippen molar-refractivity contribution in [2.75, 3.05) is 6.54 Å². The molecule has 2 saturated heterocycles. The maximum absolute atomic E-state index is 13.0. The highest BCUT2D eigenvalue weighted by molar-refractivity contribution is 5.77. The van der Waals surface area contributed by atoms with Crippen molar-refractivity contribution in [2.24, 2.45) is 5.92 Å². The van der Waals surface area contributed by atoms with Crippen molar-refractivity contribution < 1.29 is 23.6 Å². The van der Waals surface area contributed by atoms with Gasteiger partial charge in [0.2, 0.25) is 11.8 Å². The first-order valence-electron chi connectivity index (χ1n) is 12.3. The van der Waals surface area contributed by atoms with Crippen LogP contribution in [0, 0.1) is 5.92 Å². The Balaban J connectivity index is 1.11. The molecule has 188 valence electrons. The predicted molar refractivity (Wildman–Crippen MR) is 125 cm³/mol. The number of piperidine rings is 1. The number of aromatic nitrogens is 2. The summed E-state index contributed by atoms with van der Waals surface area (Å²) < 4.78 is 11.3. The van der Waals surface area contributed by atoms with E-state index in [1.807, 2.05) is 51.1 Å². The van der Waals surface area contributed by atoms with Crippen LogP contribution in [0.1, 0.15) is 69.8 Å². The maximum Gasteiger partial charge on any atom is 0.407 e. The van der Waals surface area contributed by atoms with Gasteiger partial charge in [0.05, 0.1) is 6.04 Å². The van der Waals surface area contributed by atoms with E-state index in [4.69, 9.17) is 14.0 Å². The van der Waals surface area contributed by atoms with Gasteiger partial charge in [-0.1, -0.05) is 30.3 Å². The van der Waals surface area contributed by atoms with Crippen LogP contribution in [0.4, 0.5) is 9.59 Å². The second-order valence-electron chi connectivity index (χ2n) is 10.7. The fourth-order valence-corrected chi connectivity index (χ4v) is 5.00. The number of fused-ring (bicyclic) bond motifs is 2. The van der Waals surface area contributed by atoms with Gasteiger partial charge in [0.15, 0.2) is 0 Å². The molecule has 1 N–H and O–H groups in total. The molecular weight excluding hydrogens is 450 g/mol. The highest BCUT2D eigenvalue weighted by Gasteiger charge is 2.47. The number of hydrogen-bond acceptors (Lipinski definition) is 7. The normalized spacial score (nSPS) is 26.0. The third kappa shape index (κ3) is 5.42. The number of carbonyl (C=O) groups excluding carboxylic acids is 2. The summed E-state index contributed by atoms with van der Waals surface area (Å²) in [6.45, 7) is 6.50. The van der Waals surface area contributed by atoms with Crippen molar-refractivity contribution in [3.8, 4) is 0 Å². The topological polar surface area (TPSA) is 110 Å². The molecule has 2 atom stereocenters. The summed E-state index contributed by atoms with van der Waals surface area (Å²) in [6.07, 6.45) is 3.55. The lowest BCUT2D eigenvalue weighted by molar-refractivity contribution is -0.140. The van der Waals surface area contributed by atoms with Gasteiger partial charge in [-0.2, -0.15) is 5.06 Å². The third-order valence-electron chi connectivity index (χ3n) is 6.72. The fraction of sp³-hybridized carbons (Fsp3) is 0.600. The molecule has 0 radical (unpaired) electrons. The van der Waals surface area contributed by atoms with Crippen LogP contribution in [-0.2, 0) is 22.6 Å². The zero-order chi connectivity index (χ0) is 24.6. The van der Waals surface area contributed by atoms with E-state index in [0.717, 1.165) is 31.2 Å². The lowest BCUT2D eigenvalue weighted by atomic mass is 9.78. The molecule has 1 aliphatic carbocycles. The molecule has 5 rings (SSSR count). The number of hydrogen-bond donors (Lipinski definition) is 1. The molecule has 3 aliphatic rings. The molecular formula is C25H33N5O5. The first-order chi connectivity index (χ1) is 16.7. The molecule has 0 spiro atoms. The zero-order valence-electron chi connectivity index (χ0n) is 20.5. The Bertz CT molecular complexity index is 1050. The molecule has 1 unspecified atom stereocenters. The van der Waals surface area contributed by atoms with Crippen LogP contribution >= 0.6 is 0 Å². The van der Waals surface area contributed by atoms with Crippen molar-refractivity contribution in [3.05, 3.63) is 47.7 Å². The second-order valence-corrected chi connectivity index (χ2v) is 10.7. The van der Waals surface area contributed by atoms with Crippen molar-refractivity contribution in [1.82, 2.24) is 25.5 Å². The lowest BCUT2D eigenvalue weighted by Crippen LogP contribution is -2.46. The molecule has 10 nitrogen and oxygen atoms in total. The van der Waals surface area contributed by atoms with E-state index in [1.165, 1.54) is 5.06 Å². The van der Waals surface area contributed by atoms with E-state index >= 15 is 0 Å². The van der Waals surface area contributed by atoms with Crippen LogP contribution in [-0.4, -0.2) is 56.5 Å². The number of rotatable bonds is 7. The second kappa shape index (κ2) is 9.49. The van der Waals surface area contributed by atoms with E-state index < -0.39 is 5.60 Å². The Morgan fingerprint density at radius 3 is 2.69 bits per heavy atom. The minimum atomic E-state index is -0.506. The van der Waals surface area contributed by atoms with Gasteiger partial charge in [-0.25, -0.2) is 9.59 Å². The number of hydroxylamine groups is 2. The molecule has 2 aliphatic heterocycles. The standard InChI is InChI=1S/C25H33N5O5/c1-25(2,3)35-23(31)26-18-11-17(12-18)13-21-27-28-22(34-21)20-10-9-19-14-29(20)24(32)30(19)33-15-16-7-5-4-6-8-16/h4-8,17-20H,9-15H2,1-3H3,(H,26,31)/t17?,18?,19?,20-/m0/s1. The average molecular weight is 484 g/mol. The van der Waals surface area contributed by atoms with Crippen LogP contribution in [0.2, 0.25) is 0 Å². The Hall–Kier alpha value is -3.14. The highest BCUT2D eigenvalue weighted by atomic mass is 16.7. The molecule has 2 aromatic rings. The van der Waals surface area contributed by atoms with E-state index in [0.29, 0.717) is 37.3 Å². The molecule has 3 heterocycles. The van der Waals surface area contributed by atoms with Crippen molar-refractivity contribution in [3.63, 3.8) is 0 Å². The molecule has 3 fully saturated rings. The smallest absolute Gasteiger partial charge is 0.407 e. The van der Waals surface area contributed by atoms with Crippen LogP contribution in [0.3, 0.4) is 0 Å². The summed E-state index contributed by atoms with van der Waals surface area (Å²) in [5.41, 5.74) is 0.517. The van der Waals surface area contributed by atoms with Crippen LogP contribution in [0.25, 0.3) is 0 Å². The lowest BCUT2D eigenvalue weighted by Gasteiger charge is -2.35. The van der Waals surface area contributed by atoms with Crippen molar-refractivity contribution in [1.29, 1.82) is 0 Å². The Morgan fingerprint density at radius 1 is 1.17 bits per heavy atom. The van der Waals surface area contributed by atoms with Crippen LogP contribution < -0.4 is 5.32 Å².